The average molecular weight is 435 g/mol. The molecule has 0 spiro atoms. The van der Waals surface area contributed by atoms with E-state index in [1.54, 1.807) is 0 Å². The van der Waals surface area contributed by atoms with Crippen LogP contribution in [-0.4, -0.2) is 6.67 Å². The molecule has 4 rings (SSSR count). The van der Waals surface area contributed by atoms with Crippen molar-refractivity contribution in [3.05, 3.63) is 59.7 Å². The lowest BCUT2D eigenvalue weighted by atomic mass is 9.74. The average Bonchev–Trinajstić information content (AvgIpc) is 2.87. The first-order valence-corrected chi connectivity index (χ1v) is 13.5. The summed E-state index contributed by atoms with van der Waals surface area (Å²) in [6.45, 7) is 2.14. The molecule has 2 aliphatic rings. The van der Waals surface area contributed by atoms with Gasteiger partial charge in [0.2, 0.25) is 0 Å². The van der Waals surface area contributed by atoms with Gasteiger partial charge in [0.1, 0.15) is 0 Å². The molecule has 0 nitrogen and oxygen atoms in total. The highest BCUT2D eigenvalue weighted by molar-refractivity contribution is 5.64. The molecule has 2 saturated carbocycles. The molecule has 2 aliphatic carbocycles. The Balaban J connectivity index is 1.22. The van der Waals surface area contributed by atoms with Crippen molar-refractivity contribution in [2.75, 3.05) is 6.67 Å². The van der Waals surface area contributed by atoms with Crippen LogP contribution in [0.4, 0.5) is 4.39 Å². The van der Waals surface area contributed by atoms with E-state index in [0.717, 1.165) is 30.1 Å². The standard InChI is InChI=1S/C31H43F/c1-2-24-5-7-26(8-6-24)9-10-27-13-17-29(18-14-27)31-21-19-30(20-22-31)28-15-11-25(12-16-28)4-3-23-32/h11-12,15-16,19-22,24,26-27,29H,2-10,13-14,17-18,23H2,1H3. The number of rotatable bonds is 9. The Morgan fingerprint density at radius 2 is 1.16 bits per heavy atom. The zero-order valence-corrected chi connectivity index (χ0v) is 20.2. The third kappa shape index (κ3) is 6.46. The zero-order chi connectivity index (χ0) is 22.2. The summed E-state index contributed by atoms with van der Waals surface area (Å²) in [5.74, 6) is 3.79. The smallest absolute Gasteiger partial charge is 0.0897 e. The molecular formula is C31H43F. The number of hydrogen-bond donors (Lipinski definition) is 0. The third-order valence-electron chi connectivity index (χ3n) is 8.64. The van der Waals surface area contributed by atoms with Crippen LogP contribution in [0.5, 0.6) is 0 Å². The minimum atomic E-state index is -0.231. The second kappa shape index (κ2) is 12.0. The van der Waals surface area contributed by atoms with Crippen LogP contribution in [0.3, 0.4) is 0 Å². The number of alkyl halides is 1. The lowest BCUT2D eigenvalue weighted by Crippen LogP contribution is -2.17. The van der Waals surface area contributed by atoms with Crippen LogP contribution in [0.2, 0.25) is 0 Å². The van der Waals surface area contributed by atoms with Crippen LogP contribution in [0, 0.1) is 17.8 Å². The Hall–Kier alpha value is -1.63. The molecular weight excluding hydrogens is 391 g/mol. The van der Waals surface area contributed by atoms with Gasteiger partial charge in [-0.25, -0.2) is 0 Å². The van der Waals surface area contributed by atoms with Crippen molar-refractivity contribution in [3.8, 4) is 11.1 Å². The van der Waals surface area contributed by atoms with E-state index >= 15 is 0 Å². The van der Waals surface area contributed by atoms with E-state index in [1.807, 2.05) is 0 Å². The van der Waals surface area contributed by atoms with Crippen molar-refractivity contribution in [1.29, 1.82) is 0 Å². The first kappa shape index (κ1) is 23.5. The zero-order valence-electron chi connectivity index (χ0n) is 20.2. The molecule has 0 amide bonds. The number of halogens is 1. The van der Waals surface area contributed by atoms with Crippen molar-refractivity contribution in [2.45, 2.75) is 96.3 Å². The highest BCUT2D eigenvalue weighted by Crippen LogP contribution is 2.40. The molecule has 0 aromatic heterocycles. The molecule has 0 N–H and O–H groups in total. The summed E-state index contributed by atoms with van der Waals surface area (Å²) >= 11 is 0. The van der Waals surface area contributed by atoms with Crippen molar-refractivity contribution in [1.82, 2.24) is 0 Å². The fraction of sp³-hybridized carbons (Fsp3) is 0.613. The number of hydrogen-bond acceptors (Lipinski definition) is 0. The van der Waals surface area contributed by atoms with Gasteiger partial charge in [-0.15, -0.1) is 0 Å². The maximum Gasteiger partial charge on any atom is 0.0897 e. The second-order valence-corrected chi connectivity index (χ2v) is 10.7. The van der Waals surface area contributed by atoms with Crippen molar-refractivity contribution in [3.63, 3.8) is 0 Å². The molecule has 2 fully saturated rings. The lowest BCUT2D eigenvalue weighted by Gasteiger charge is -2.32. The van der Waals surface area contributed by atoms with Gasteiger partial charge in [-0.2, -0.15) is 0 Å². The predicted octanol–water partition coefficient (Wildman–Crippen LogP) is 9.53. The van der Waals surface area contributed by atoms with Crippen molar-refractivity contribution in [2.24, 2.45) is 17.8 Å². The Bertz CT molecular complexity index is 774. The van der Waals surface area contributed by atoms with E-state index in [0.29, 0.717) is 6.42 Å². The summed E-state index contributed by atoms with van der Waals surface area (Å²) in [4.78, 5) is 0. The lowest BCUT2D eigenvalue weighted by molar-refractivity contribution is 0.227. The van der Waals surface area contributed by atoms with Gasteiger partial charge in [0.15, 0.2) is 0 Å². The van der Waals surface area contributed by atoms with Gasteiger partial charge in [-0.05, 0) is 84.5 Å². The van der Waals surface area contributed by atoms with Crippen LogP contribution >= 0.6 is 0 Å². The van der Waals surface area contributed by atoms with Crippen LogP contribution in [0.25, 0.3) is 11.1 Å². The normalized spacial score (nSPS) is 26.2. The van der Waals surface area contributed by atoms with E-state index in [4.69, 9.17) is 0 Å². The minimum Gasteiger partial charge on any atom is -0.251 e. The van der Waals surface area contributed by atoms with Gasteiger partial charge >= 0.3 is 0 Å². The first-order valence-electron chi connectivity index (χ1n) is 13.5. The quantitative estimate of drug-likeness (QED) is 0.368. The SMILES string of the molecule is CCC1CCC(CCC2CCC(c3ccc(-c4ccc(CCCF)cc4)cc3)CC2)CC1. The summed E-state index contributed by atoms with van der Waals surface area (Å²) in [5, 5.41) is 0. The molecule has 0 aliphatic heterocycles. The molecule has 0 saturated heterocycles. The minimum absolute atomic E-state index is 0.231. The molecule has 2 aromatic rings. The van der Waals surface area contributed by atoms with Crippen LogP contribution < -0.4 is 0 Å². The molecule has 0 heterocycles. The van der Waals surface area contributed by atoms with E-state index in [-0.39, 0.29) is 6.67 Å². The molecule has 2 aromatic carbocycles. The molecule has 0 bridgehead atoms. The Kier molecular flexibility index (Phi) is 8.83. The molecule has 0 atom stereocenters. The Morgan fingerprint density at radius 1 is 0.656 bits per heavy atom. The van der Waals surface area contributed by atoms with Crippen LogP contribution in [0.15, 0.2) is 48.5 Å². The largest absolute Gasteiger partial charge is 0.251 e. The van der Waals surface area contributed by atoms with Crippen LogP contribution in [-0.2, 0) is 6.42 Å². The first-order chi connectivity index (χ1) is 15.7. The van der Waals surface area contributed by atoms with Gasteiger partial charge < -0.3 is 0 Å². The van der Waals surface area contributed by atoms with E-state index in [1.165, 1.54) is 92.9 Å². The monoisotopic (exact) mass is 434 g/mol. The van der Waals surface area contributed by atoms with Crippen molar-refractivity contribution >= 4 is 0 Å². The third-order valence-corrected chi connectivity index (χ3v) is 8.64. The number of aryl methyl sites for hydroxylation is 1. The maximum absolute atomic E-state index is 12.4. The van der Waals surface area contributed by atoms with Gasteiger partial charge in [-0.3, -0.25) is 4.39 Å². The maximum atomic E-state index is 12.4. The van der Waals surface area contributed by atoms with Crippen LogP contribution in [0.1, 0.15) is 101 Å². The topological polar surface area (TPSA) is 0 Å². The van der Waals surface area contributed by atoms with E-state index in [2.05, 4.69) is 55.5 Å². The summed E-state index contributed by atoms with van der Waals surface area (Å²) in [6, 6.07) is 18.0. The second-order valence-electron chi connectivity index (χ2n) is 10.7. The summed E-state index contributed by atoms with van der Waals surface area (Å²) < 4.78 is 12.4. The predicted molar refractivity (Wildman–Crippen MR) is 136 cm³/mol. The Labute approximate surface area is 196 Å². The Morgan fingerprint density at radius 3 is 1.69 bits per heavy atom. The highest BCUT2D eigenvalue weighted by Gasteiger charge is 2.25. The summed E-state index contributed by atoms with van der Waals surface area (Å²) in [5.41, 5.74) is 5.31. The molecule has 0 radical (unpaired) electrons. The highest BCUT2D eigenvalue weighted by atomic mass is 19.1. The molecule has 1 heteroatoms. The van der Waals surface area contributed by atoms with Gasteiger partial charge in [0.25, 0.3) is 0 Å². The fourth-order valence-electron chi connectivity index (χ4n) is 6.27. The van der Waals surface area contributed by atoms with E-state index in [9.17, 15) is 4.39 Å². The van der Waals surface area contributed by atoms with Gasteiger partial charge in [0, 0.05) is 0 Å². The van der Waals surface area contributed by atoms with Crippen molar-refractivity contribution < 1.29 is 4.39 Å². The molecule has 32 heavy (non-hydrogen) atoms. The molecule has 0 unspecified atom stereocenters. The summed E-state index contributed by atoms with van der Waals surface area (Å²) in [7, 11) is 0. The number of benzene rings is 2. The fourth-order valence-corrected chi connectivity index (χ4v) is 6.27. The molecule has 174 valence electrons. The van der Waals surface area contributed by atoms with Gasteiger partial charge in [0.05, 0.1) is 6.67 Å². The van der Waals surface area contributed by atoms with E-state index < -0.39 is 0 Å². The summed E-state index contributed by atoms with van der Waals surface area (Å²) in [6.07, 6.45) is 17.4. The van der Waals surface area contributed by atoms with Gasteiger partial charge in [-0.1, -0.05) is 100 Å².